The molecular weight excluding hydrogens is 334 g/mol. The lowest BCUT2D eigenvalue weighted by Crippen LogP contribution is -2.39. The van der Waals surface area contributed by atoms with E-state index in [0.717, 1.165) is 41.5 Å². The minimum Gasteiger partial charge on any atom is -0.497 e. The highest BCUT2D eigenvalue weighted by Crippen LogP contribution is 2.26. The third kappa shape index (κ3) is 3.02. The number of hydrogen-bond acceptors (Lipinski definition) is 4. The van der Waals surface area contributed by atoms with Gasteiger partial charge in [-0.15, -0.1) is 11.3 Å². The first kappa shape index (κ1) is 16.1. The third-order valence-electron chi connectivity index (χ3n) is 4.76. The number of carbonyl (C=O) groups excluding carboxylic acids is 1. The summed E-state index contributed by atoms with van der Waals surface area (Å²) >= 11 is 1.51. The molecule has 130 valence electrons. The van der Waals surface area contributed by atoms with Crippen molar-refractivity contribution in [2.75, 3.05) is 20.2 Å². The Balaban J connectivity index is 1.64. The number of likely N-dealkylation sites (tertiary alicyclic amines) is 1. The van der Waals surface area contributed by atoms with Crippen molar-refractivity contribution in [3.63, 3.8) is 0 Å². The Morgan fingerprint density at radius 1 is 1.32 bits per heavy atom. The first-order valence-electron chi connectivity index (χ1n) is 8.56. The quantitative estimate of drug-likeness (QED) is 0.715. The minimum absolute atomic E-state index is 0.108. The predicted molar refractivity (Wildman–Crippen MR) is 99.4 cm³/mol. The molecular formula is C19H21N3O2S. The van der Waals surface area contributed by atoms with Crippen LogP contribution >= 0.6 is 11.3 Å². The number of imidazole rings is 1. The average Bonchev–Trinajstić information content (AvgIpc) is 3.22. The summed E-state index contributed by atoms with van der Waals surface area (Å²) in [5.41, 5.74) is 2.60. The van der Waals surface area contributed by atoms with Crippen LogP contribution in [-0.2, 0) is 0 Å². The summed E-state index contributed by atoms with van der Waals surface area (Å²) in [5.74, 6) is 1.50. The van der Waals surface area contributed by atoms with Gasteiger partial charge in [-0.2, -0.15) is 0 Å². The van der Waals surface area contributed by atoms with Gasteiger partial charge in [0.15, 0.2) is 4.96 Å². The number of nitrogens with zero attached hydrogens (tertiary/aromatic N) is 3. The second-order valence-corrected chi connectivity index (χ2v) is 7.46. The molecule has 0 aliphatic carbocycles. The van der Waals surface area contributed by atoms with Crippen molar-refractivity contribution in [3.8, 4) is 17.0 Å². The summed E-state index contributed by atoms with van der Waals surface area (Å²) in [4.78, 5) is 20.4. The molecule has 2 aromatic heterocycles. The fraction of sp³-hybridized carbons (Fsp3) is 0.368. The normalized spacial score (nSPS) is 17.8. The SMILES string of the molecule is COc1ccc(-c2cn3c(C(=O)N4CCCC(C)C4)csc3n2)cc1. The van der Waals surface area contributed by atoms with Crippen LogP contribution in [0.4, 0.5) is 0 Å². The lowest BCUT2D eigenvalue weighted by Gasteiger charge is -2.30. The van der Waals surface area contributed by atoms with Crippen molar-refractivity contribution in [1.82, 2.24) is 14.3 Å². The molecule has 1 amide bonds. The van der Waals surface area contributed by atoms with E-state index in [0.29, 0.717) is 11.6 Å². The Labute approximate surface area is 150 Å². The number of benzene rings is 1. The lowest BCUT2D eigenvalue weighted by atomic mass is 10.0. The molecule has 4 rings (SSSR count). The molecule has 1 aromatic carbocycles. The fourth-order valence-corrected chi connectivity index (χ4v) is 4.22. The van der Waals surface area contributed by atoms with Crippen LogP contribution in [0.5, 0.6) is 5.75 Å². The summed E-state index contributed by atoms with van der Waals surface area (Å²) in [6.45, 7) is 3.90. The van der Waals surface area contributed by atoms with Gasteiger partial charge in [-0.1, -0.05) is 6.92 Å². The van der Waals surface area contributed by atoms with Crippen LogP contribution in [-0.4, -0.2) is 40.4 Å². The lowest BCUT2D eigenvalue weighted by molar-refractivity contribution is 0.0676. The maximum atomic E-state index is 12.9. The smallest absolute Gasteiger partial charge is 0.271 e. The second-order valence-electron chi connectivity index (χ2n) is 6.63. The first-order valence-corrected chi connectivity index (χ1v) is 9.44. The zero-order valence-corrected chi connectivity index (χ0v) is 15.3. The van der Waals surface area contributed by atoms with Crippen LogP contribution in [0.15, 0.2) is 35.8 Å². The molecule has 0 N–H and O–H groups in total. The second kappa shape index (κ2) is 6.52. The predicted octanol–water partition coefficient (Wildman–Crippen LogP) is 3.94. The zero-order valence-electron chi connectivity index (χ0n) is 14.4. The van der Waals surface area contributed by atoms with E-state index < -0.39 is 0 Å². The Hall–Kier alpha value is -2.34. The number of aromatic nitrogens is 2. The third-order valence-corrected chi connectivity index (χ3v) is 5.60. The molecule has 1 fully saturated rings. The number of rotatable bonds is 3. The van der Waals surface area contributed by atoms with E-state index in [1.54, 1.807) is 7.11 Å². The van der Waals surface area contributed by atoms with Crippen molar-refractivity contribution in [3.05, 3.63) is 41.5 Å². The van der Waals surface area contributed by atoms with Crippen molar-refractivity contribution < 1.29 is 9.53 Å². The van der Waals surface area contributed by atoms with Crippen LogP contribution in [0, 0.1) is 5.92 Å². The van der Waals surface area contributed by atoms with E-state index in [2.05, 4.69) is 11.9 Å². The van der Waals surface area contributed by atoms with E-state index in [9.17, 15) is 4.79 Å². The van der Waals surface area contributed by atoms with Gasteiger partial charge in [0, 0.05) is 30.2 Å². The largest absolute Gasteiger partial charge is 0.497 e. The van der Waals surface area contributed by atoms with Gasteiger partial charge in [0.25, 0.3) is 5.91 Å². The molecule has 1 aliphatic heterocycles. The molecule has 3 aromatic rings. The van der Waals surface area contributed by atoms with E-state index in [-0.39, 0.29) is 5.91 Å². The number of carbonyl (C=O) groups is 1. The summed E-state index contributed by atoms with van der Waals surface area (Å²) < 4.78 is 7.12. The highest BCUT2D eigenvalue weighted by Gasteiger charge is 2.25. The molecule has 1 unspecified atom stereocenters. The van der Waals surface area contributed by atoms with Gasteiger partial charge in [-0.3, -0.25) is 9.20 Å². The van der Waals surface area contributed by atoms with Gasteiger partial charge in [0.2, 0.25) is 0 Å². The van der Waals surface area contributed by atoms with Crippen molar-refractivity contribution >= 4 is 22.2 Å². The zero-order chi connectivity index (χ0) is 17.4. The monoisotopic (exact) mass is 355 g/mol. The van der Waals surface area contributed by atoms with E-state index >= 15 is 0 Å². The molecule has 0 saturated carbocycles. The highest BCUT2D eigenvalue weighted by molar-refractivity contribution is 7.15. The Bertz CT molecular complexity index is 897. The molecule has 0 radical (unpaired) electrons. The van der Waals surface area contributed by atoms with Gasteiger partial charge in [0.05, 0.1) is 12.8 Å². The molecule has 5 nitrogen and oxygen atoms in total. The van der Waals surface area contributed by atoms with Crippen LogP contribution in [0.3, 0.4) is 0 Å². The number of amides is 1. The summed E-state index contributed by atoms with van der Waals surface area (Å²) in [5, 5.41) is 1.92. The minimum atomic E-state index is 0.108. The number of methoxy groups -OCH3 is 1. The molecule has 0 spiro atoms. The fourth-order valence-electron chi connectivity index (χ4n) is 3.37. The Morgan fingerprint density at radius 3 is 2.84 bits per heavy atom. The average molecular weight is 355 g/mol. The van der Waals surface area contributed by atoms with Crippen molar-refractivity contribution in [1.29, 1.82) is 0 Å². The first-order chi connectivity index (χ1) is 12.2. The highest BCUT2D eigenvalue weighted by atomic mass is 32.1. The van der Waals surface area contributed by atoms with Gasteiger partial charge < -0.3 is 9.64 Å². The molecule has 1 atom stereocenters. The Morgan fingerprint density at radius 2 is 2.12 bits per heavy atom. The summed E-state index contributed by atoms with van der Waals surface area (Å²) in [7, 11) is 1.65. The van der Waals surface area contributed by atoms with Gasteiger partial charge in [-0.25, -0.2) is 4.98 Å². The van der Waals surface area contributed by atoms with Gasteiger partial charge in [0.1, 0.15) is 11.4 Å². The number of thiazole rings is 1. The van der Waals surface area contributed by atoms with Crippen molar-refractivity contribution in [2.24, 2.45) is 5.92 Å². The molecule has 3 heterocycles. The topological polar surface area (TPSA) is 46.8 Å². The van der Waals surface area contributed by atoms with E-state index in [4.69, 9.17) is 4.74 Å². The molecule has 6 heteroatoms. The molecule has 1 saturated heterocycles. The standard InChI is InChI=1S/C19H21N3O2S/c1-13-4-3-9-21(10-13)18(23)17-12-25-19-20-16(11-22(17)19)14-5-7-15(24-2)8-6-14/h5-8,11-13H,3-4,9-10H2,1-2H3. The number of piperidine rings is 1. The summed E-state index contributed by atoms with van der Waals surface area (Å²) in [6.07, 6.45) is 4.24. The maximum Gasteiger partial charge on any atom is 0.271 e. The van der Waals surface area contributed by atoms with Crippen molar-refractivity contribution in [2.45, 2.75) is 19.8 Å². The number of fused-ring (bicyclic) bond motifs is 1. The van der Waals surface area contributed by atoms with E-state index in [1.807, 2.05) is 45.1 Å². The number of ether oxygens (including phenoxy) is 1. The van der Waals surface area contributed by atoms with Crippen LogP contribution in [0.1, 0.15) is 30.3 Å². The van der Waals surface area contributed by atoms with Crippen LogP contribution in [0.2, 0.25) is 0 Å². The summed E-state index contributed by atoms with van der Waals surface area (Å²) in [6, 6.07) is 7.81. The molecule has 0 bridgehead atoms. The van der Waals surface area contributed by atoms with Crippen LogP contribution < -0.4 is 4.74 Å². The van der Waals surface area contributed by atoms with Gasteiger partial charge >= 0.3 is 0 Å². The number of hydrogen-bond donors (Lipinski definition) is 0. The van der Waals surface area contributed by atoms with E-state index in [1.165, 1.54) is 17.8 Å². The van der Waals surface area contributed by atoms with Gasteiger partial charge in [-0.05, 0) is 43.0 Å². The molecule has 25 heavy (non-hydrogen) atoms. The maximum absolute atomic E-state index is 12.9. The Kier molecular flexibility index (Phi) is 4.21. The molecule has 1 aliphatic rings. The van der Waals surface area contributed by atoms with Crippen LogP contribution in [0.25, 0.3) is 16.2 Å².